The smallest absolute Gasteiger partial charge is 0.338 e. The first-order valence-corrected chi connectivity index (χ1v) is 10.8. The Labute approximate surface area is 181 Å². The van der Waals surface area contributed by atoms with Crippen LogP contribution in [0.3, 0.4) is 0 Å². The Morgan fingerprint density at radius 2 is 1.80 bits per heavy atom. The average molecular weight is 428 g/mol. The molecule has 0 unspecified atom stereocenters. The Hall–Kier alpha value is -2.37. The third-order valence-corrected chi connectivity index (χ3v) is 6.55. The van der Waals surface area contributed by atoms with E-state index in [1.807, 2.05) is 37.4 Å². The number of ether oxygens (including phenoxy) is 2. The minimum atomic E-state index is -0.466. The molecule has 30 heavy (non-hydrogen) atoms. The van der Waals surface area contributed by atoms with Gasteiger partial charge in [-0.3, -0.25) is 9.69 Å². The van der Waals surface area contributed by atoms with Crippen molar-refractivity contribution < 1.29 is 19.1 Å². The number of esters is 2. The van der Waals surface area contributed by atoms with E-state index in [-0.39, 0.29) is 24.6 Å². The summed E-state index contributed by atoms with van der Waals surface area (Å²) in [7, 11) is 2.05. The Balaban J connectivity index is 1.42. The number of benzene rings is 2. The van der Waals surface area contributed by atoms with E-state index in [0.717, 1.165) is 18.4 Å². The monoisotopic (exact) mass is 427 g/mol. The number of hydrogen-bond donors (Lipinski definition) is 0. The lowest BCUT2D eigenvalue weighted by molar-refractivity contribution is -0.159. The molecule has 2 aromatic carbocycles. The first-order chi connectivity index (χ1) is 14.5. The van der Waals surface area contributed by atoms with Gasteiger partial charge >= 0.3 is 11.9 Å². The number of carbonyl (C=O) groups excluding carboxylic acids is 2. The van der Waals surface area contributed by atoms with Crippen LogP contribution in [0.15, 0.2) is 54.6 Å². The summed E-state index contributed by atoms with van der Waals surface area (Å²) in [6, 6.07) is 16.8. The highest BCUT2D eigenvalue weighted by molar-refractivity contribution is 6.30. The number of nitrogens with zero attached hydrogens (tertiary/aromatic N) is 1. The lowest BCUT2D eigenvalue weighted by Gasteiger charge is -2.40. The number of carbonyl (C=O) groups is 2. The number of halogens is 1. The Morgan fingerprint density at radius 3 is 2.53 bits per heavy atom. The van der Waals surface area contributed by atoms with Crippen LogP contribution < -0.4 is 0 Å². The van der Waals surface area contributed by atoms with Crippen LogP contribution >= 0.6 is 11.6 Å². The van der Waals surface area contributed by atoms with Gasteiger partial charge in [-0.1, -0.05) is 41.9 Å². The molecule has 2 aliphatic heterocycles. The quantitative estimate of drug-likeness (QED) is 0.648. The zero-order valence-electron chi connectivity index (χ0n) is 17.0. The SMILES string of the molecule is CN1[C@H]2CC[C@@H]1[C@@H](C(=O)OCCc1ccc(Cl)cc1)[C@@H](OC(=O)c1ccccc1)C2. The second-order valence-corrected chi connectivity index (χ2v) is 8.52. The summed E-state index contributed by atoms with van der Waals surface area (Å²) in [5, 5.41) is 0.680. The zero-order chi connectivity index (χ0) is 21.1. The highest BCUT2D eigenvalue weighted by Gasteiger charge is 2.51. The molecular weight excluding hydrogens is 402 g/mol. The maximum absolute atomic E-state index is 13.0. The van der Waals surface area contributed by atoms with E-state index in [0.29, 0.717) is 29.5 Å². The van der Waals surface area contributed by atoms with Gasteiger partial charge in [-0.05, 0) is 49.7 Å². The van der Waals surface area contributed by atoms with E-state index < -0.39 is 12.0 Å². The topological polar surface area (TPSA) is 55.8 Å². The molecular formula is C24H26ClNO4. The van der Waals surface area contributed by atoms with E-state index in [1.54, 1.807) is 24.3 Å². The van der Waals surface area contributed by atoms with Gasteiger partial charge in [0.2, 0.25) is 0 Å². The normalized spacial score (nSPS) is 25.7. The fraction of sp³-hybridized carbons (Fsp3) is 0.417. The van der Waals surface area contributed by atoms with Gasteiger partial charge < -0.3 is 9.47 Å². The predicted molar refractivity (Wildman–Crippen MR) is 114 cm³/mol. The van der Waals surface area contributed by atoms with E-state index in [1.165, 1.54) is 0 Å². The molecule has 0 saturated carbocycles. The molecule has 2 fully saturated rings. The second-order valence-electron chi connectivity index (χ2n) is 8.08. The largest absolute Gasteiger partial charge is 0.465 e. The summed E-state index contributed by atoms with van der Waals surface area (Å²) < 4.78 is 11.5. The van der Waals surface area contributed by atoms with Crippen molar-refractivity contribution in [3.05, 3.63) is 70.7 Å². The van der Waals surface area contributed by atoms with E-state index in [9.17, 15) is 9.59 Å². The Morgan fingerprint density at radius 1 is 1.07 bits per heavy atom. The summed E-state index contributed by atoms with van der Waals surface area (Å²) >= 11 is 5.92. The minimum Gasteiger partial charge on any atom is -0.465 e. The molecule has 2 aromatic rings. The fourth-order valence-corrected chi connectivity index (χ4v) is 4.77. The van der Waals surface area contributed by atoms with E-state index >= 15 is 0 Å². The minimum absolute atomic E-state index is 0.0420. The highest BCUT2D eigenvalue weighted by atomic mass is 35.5. The van der Waals surface area contributed by atoms with Crippen LogP contribution in [0, 0.1) is 5.92 Å². The third kappa shape index (κ3) is 4.52. The van der Waals surface area contributed by atoms with Crippen LogP contribution in [0.5, 0.6) is 0 Å². The summed E-state index contributed by atoms with van der Waals surface area (Å²) in [5.41, 5.74) is 1.56. The predicted octanol–water partition coefficient (Wildman–Crippen LogP) is 4.13. The van der Waals surface area contributed by atoms with Crippen LogP contribution in [-0.4, -0.2) is 48.7 Å². The zero-order valence-corrected chi connectivity index (χ0v) is 17.8. The Bertz CT molecular complexity index is 886. The van der Waals surface area contributed by atoms with Gasteiger partial charge in [-0.15, -0.1) is 0 Å². The van der Waals surface area contributed by atoms with Crippen LogP contribution in [0.2, 0.25) is 5.02 Å². The molecule has 158 valence electrons. The molecule has 0 N–H and O–H groups in total. The molecule has 0 aliphatic carbocycles. The molecule has 0 spiro atoms. The number of rotatable bonds is 6. The van der Waals surface area contributed by atoms with Gasteiger partial charge in [-0.2, -0.15) is 0 Å². The van der Waals surface area contributed by atoms with Gasteiger partial charge in [0.15, 0.2) is 0 Å². The van der Waals surface area contributed by atoms with E-state index in [2.05, 4.69) is 4.90 Å². The summed E-state index contributed by atoms with van der Waals surface area (Å²) in [6.45, 7) is 0.288. The third-order valence-electron chi connectivity index (χ3n) is 6.30. The average Bonchev–Trinajstić information content (AvgIpc) is 2.98. The summed E-state index contributed by atoms with van der Waals surface area (Å²) in [5.74, 6) is -1.14. The molecule has 2 aliphatic rings. The van der Waals surface area contributed by atoms with Crippen LogP contribution in [0.25, 0.3) is 0 Å². The van der Waals surface area contributed by atoms with Crippen molar-refractivity contribution in [2.45, 2.75) is 43.9 Å². The van der Waals surface area contributed by atoms with Gasteiger partial charge in [0.1, 0.15) is 12.0 Å². The van der Waals surface area contributed by atoms with Crippen LogP contribution in [0.1, 0.15) is 35.2 Å². The van der Waals surface area contributed by atoms with Gasteiger partial charge in [0.05, 0.1) is 12.2 Å². The second kappa shape index (κ2) is 9.19. The molecule has 2 heterocycles. The molecule has 2 saturated heterocycles. The van der Waals surface area contributed by atoms with E-state index in [4.69, 9.17) is 21.1 Å². The number of hydrogen-bond acceptors (Lipinski definition) is 5. The first-order valence-electron chi connectivity index (χ1n) is 10.4. The standard InChI is InChI=1S/C24H26ClNO4/c1-26-19-11-12-20(26)22(21(15-19)30-23(27)17-5-3-2-4-6-17)24(28)29-14-13-16-7-9-18(25)10-8-16/h2-10,19-22H,11-15H2,1H3/t19-,20+,21-,22+/m0/s1. The summed E-state index contributed by atoms with van der Waals surface area (Å²) in [6.07, 6.45) is 2.73. The fourth-order valence-electron chi connectivity index (χ4n) is 4.65. The van der Waals surface area contributed by atoms with Crippen molar-refractivity contribution in [2.24, 2.45) is 5.92 Å². The van der Waals surface area contributed by atoms with Gasteiger partial charge in [0.25, 0.3) is 0 Å². The summed E-state index contributed by atoms with van der Waals surface area (Å²) in [4.78, 5) is 27.9. The van der Waals surface area contributed by atoms with Crippen molar-refractivity contribution in [3.63, 3.8) is 0 Å². The number of fused-ring (bicyclic) bond motifs is 2. The van der Waals surface area contributed by atoms with Crippen molar-refractivity contribution in [1.29, 1.82) is 0 Å². The lowest BCUT2D eigenvalue weighted by atomic mass is 9.87. The lowest BCUT2D eigenvalue weighted by Crippen LogP contribution is -2.53. The molecule has 0 aromatic heterocycles. The van der Waals surface area contributed by atoms with Gasteiger partial charge in [-0.25, -0.2) is 4.79 Å². The maximum atomic E-state index is 13.0. The molecule has 4 rings (SSSR count). The Kier molecular flexibility index (Phi) is 6.40. The van der Waals surface area contributed by atoms with Crippen molar-refractivity contribution in [3.8, 4) is 0 Å². The van der Waals surface area contributed by atoms with Crippen LogP contribution in [0.4, 0.5) is 0 Å². The molecule has 5 nitrogen and oxygen atoms in total. The first kappa shape index (κ1) is 20.9. The number of piperidine rings is 1. The van der Waals surface area contributed by atoms with Crippen LogP contribution in [-0.2, 0) is 20.7 Å². The molecule has 2 bridgehead atoms. The maximum Gasteiger partial charge on any atom is 0.338 e. The molecule has 6 heteroatoms. The van der Waals surface area contributed by atoms with Gasteiger partial charge in [0, 0.05) is 29.9 Å². The molecule has 4 atom stereocenters. The van der Waals surface area contributed by atoms with Crippen molar-refractivity contribution in [1.82, 2.24) is 4.90 Å². The molecule has 0 radical (unpaired) electrons. The molecule has 0 amide bonds. The highest BCUT2D eigenvalue weighted by Crippen LogP contribution is 2.40. The van der Waals surface area contributed by atoms with Crippen molar-refractivity contribution in [2.75, 3.05) is 13.7 Å². The van der Waals surface area contributed by atoms with Crippen molar-refractivity contribution >= 4 is 23.5 Å².